The van der Waals surface area contributed by atoms with Crippen LogP contribution in [0.5, 0.6) is 0 Å². The number of carbonyl (C=O) groups is 2. The van der Waals surface area contributed by atoms with Gasteiger partial charge in [-0.25, -0.2) is 9.59 Å². The summed E-state index contributed by atoms with van der Waals surface area (Å²) in [5.41, 5.74) is 0. The molecule has 0 saturated heterocycles. The highest BCUT2D eigenvalue weighted by molar-refractivity contribution is 5.81. The third-order valence-corrected chi connectivity index (χ3v) is 3.07. The van der Waals surface area contributed by atoms with Gasteiger partial charge in [0.15, 0.2) is 0 Å². The zero-order chi connectivity index (χ0) is 17.0. The highest BCUT2D eigenvalue weighted by Gasteiger charge is 2.24. The number of rotatable bonds is 11. The lowest BCUT2D eigenvalue weighted by Crippen LogP contribution is -2.43. The first-order valence-corrected chi connectivity index (χ1v) is 8.46. The monoisotopic (exact) mass is 315 g/mol. The van der Waals surface area contributed by atoms with Gasteiger partial charge in [0.05, 0.1) is 13.2 Å². The molecule has 22 heavy (non-hydrogen) atoms. The fraction of sp³-hybridized carbons (Fsp3) is 0.882. The van der Waals surface area contributed by atoms with Gasteiger partial charge in [-0.15, -0.1) is 0 Å². The molecule has 1 amide bonds. The summed E-state index contributed by atoms with van der Waals surface area (Å²) in [6.45, 7) is 10.8. The first-order valence-electron chi connectivity index (χ1n) is 8.46. The van der Waals surface area contributed by atoms with Gasteiger partial charge in [-0.1, -0.05) is 53.9 Å². The second-order valence-electron chi connectivity index (χ2n) is 6.55. The van der Waals surface area contributed by atoms with E-state index >= 15 is 0 Å². The predicted octanol–water partition coefficient (Wildman–Crippen LogP) is 3.91. The minimum atomic E-state index is -0.633. The molecule has 0 aromatic carbocycles. The fourth-order valence-corrected chi connectivity index (χ4v) is 1.91. The highest BCUT2D eigenvalue weighted by atomic mass is 16.6. The van der Waals surface area contributed by atoms with E-state index in [1.54, 1.807) is 0 Å². The first-order chi connectivity index (χ1) is 10.4. The zero-order valence-electron chi connectivity index (χ0n) is 14.8. The van der Waals surface area contributed by atoms with Crippen molar-refractivity contribution >= 4 is 12.1 Å². The summed E-state index contributed by atoms with van der Waals surface area (Å²) < 4.78 is 10.3. The summed E-state index contributed by atoms with van der Waals surface area (Å²) in [4.78, 5) is 23.8. The molecular weight excluding hydrogens is 282 g/mol. The summed E-state index contributed by atoms with van der Waals surface area (Å²) in [7, 11) is 0. The topological polar surface area (TPSA) is 64.6 Å². The van der Waals surface area contributed by atoms with Crippen molar-refractivity contribution in [3.63, 3.8) is 0 Å². The Morgan fingerprint density at radius 1 is 0.955 bits per heavy atom. The Morgan fingerprint density at radius 3 is 2.18 bits per heavy atom. The number of carbonyl (C=O) groups excluding carboxylic acids is 2. The van der Waals surface area contributed by atoms with E-state index in [0.29, 0.717) is 19.6 Å². The second kappa shape index (κ2) is 12.3. The van der Waals surface area contributed by atoms with Gasteiger partial charge in [0.2, 0.25) is 0 Å². The lowest BCUT2D eigenvalue weighted by molar-refractivity contribution is -0.146. The predicted molar refractivity (Wildman–Crippen MR) is 87.7 cm³/mol. The van der Waals surface area contributed by atoms with E-state index in [4.69, 9.17) is 9.47 Å². The number of unbranched alkanes of at least 4 members (excludes halogenated alkanes) is 3. The number of amides is 1. The average Bonchev–Trinajstić information content (AvgIpc) is 2.43. The van der Waals surface area contributed by atoms with Crippen LogP contribution in [0.1, 0.15) is 66.7 Å². The van der Waals surface area contributed by atoms with E-state index < -0.39 is 12.1 Å². The fourth-order valence-electron chi connectivity index (χ4n) is 1.91. The van der Waals surface area contributed by atoms with Crippen LogP contribution in [-0.4, -0.2) is 31.3 Å². The molecule has 0 aliphatic heterocycles. The van der Waals surface area contributed by atoms with E-state index in [0.717, 1.165) is 25.7 Å². The molecule has 0 aliphatic rings. The molecule has 0 aliphatic carbocycles. The lowest BCUT2D eigenvalue weighted by Gasteiger charge is -2.19. The second-order valence-corrected chi connectivity index (χ2v) is 6.55. The van der Waals surface area contributed by atoms with Crippen LogP contribution in [0, 0.1) is 11.8 Å². The molecule has 0 bridgehead atoms. The van der Waals surface area contributed by atoms with Gasteiger partial charge in [0, 0.05) is 0 Å². The van der Waals surface area contributed by atoms with Crippen molar-refractivity contribution in [3.05, 3.63) is 0 Å². The van der Waals surface area contributed by atoms with Gasteiger partial charge in [-0.3, -0.25) is 0 Å². The summed E-state index contributed by atoms with van der Waals surface area (Å²) in [6.07, 6.45) is 4.21. The Kier molecular flexibility index (Phi) is 11.6. The van der Waals surface area contributed by atoms with Crippen LogP contribution in [0.4, 0.5) is 4.79 Å². The standard InChI is InChI=1S/C17H33NO4/c1-6-7-8-9-10-21-16(19)15(11-13(2)3)18-17(20)22-12-14(4)5/h13-15H,6-12H2,1-5H3,(H,18,20). The van der Waals surface area contributed by atoms with Crippen molar-refractivity contribution in [2.75, 3.05) is 13.2 Å². The molecule has 0 heterocycles. The van der Waals surface area contributed by atoms with Gasteiger partial charge < -0.3 is 14.8 Å². The van der Waals surface area contributed by atoms with Crippen molar-refractivity contribution < 1.29 is 19.1 Å². The summed E-state index contributed by atoms with van der Waals surface area (Å²) in [6, 6.07) is -0.633. The van der Waals surface area contributed by atoms with Gasteiger partial charge in [-0.05, 0) is 24.7 Å². The SMILES string of the molecule is CCCCCCOC(=O)C(CC(C)C)NC(=O)OCC(C)C. The third-order valence-electron chi connectivity index (χ3n) is 3.07. The summed E-state index contributed by atoms with van der Waals surface area (Å²) in [5.74, 6) is 0.176. The molecule has 1 N–H and O–H groups in total. The lowest BCUT2D eigenvalue weighted by atomic mass is 10.0. The average molecular weight is 315 g/mol. The minimum Gasteiger partial charge on any atom is -0.464 e. The van der Waals surface area contributed by atoms with E-state index in [-0.39, 0.29) is 17.8 Å². The van der Waals surface area contributed by atoms with Crippen LogP contribution >= 0.6 is 0 Å². The number of hydrogen-bond acceptors (Lipinski definition) is 4. The molecule has 0 rings (SSSR count). The molecule has 1 unspecified atom stereocenters. The van der Waals surface area contributed by atoms with Crippen LogP contribution < -0.4 is 5.32 Å². The quantitative estimate of drug-likeness (QED) is 0.464. The number of ether oxygens (including phenoxy) is 2. The van der Waals surface area contributed by atoms with E-state index in [1.807, 2.05) is 27.7 Å². The molecular formula is C17H33NO4. The Hall–Kier alpha value is -1.26. The maximum atomic E-state index is 12.1. The van der Waals surface area contributed by atoms with E-state index in [1.165, 1.54) is 0 Å². The van der Waals surface area contributed by atoms with Crippen molar-refractivity contribution in [2.45, 2.75) is 72.8 Å². The smallest absolute Gasteiger partial charge is 0.407 e. The Balaban J connectivity index is 4.24. The highest BCUT2D eigenvalue weighted by Crippen LogP contribution is 2.08. The molecule has 0 aromatic heterocycles. The number of hydrogen-bond donors (Lipinski definition) is 1. The number of alkyl carbamates (subject to hydrolysis) is 1. The van der Waals surface area contributed by atoms with Crippen LogP contribution in [0.3, 0.4) is 0 Å². The zero-order valence-corrected chi connectivity index (χ0v) is 14.8. The summed E-state index contributed by atoms with van der Waals surface area (Å²) >= 11 is 0. The van der Waals surface area contributed by atoms with Crippen molar-refractivity contribution in [3.8, 4) is 0 Å². The first kappa shape index (κ1) is 20.7. The van der Waals surface area contributed by atoms with Crippen LogP contribution in [-0.2, 0) is 14.3 Å². The van der Waals surface area contributed by atoms with Crippen LogP contribution in [0.2, 0.25) is 0 Å². The normalized spacial score (nSPS) is 12.3. The molecule has 0 fully saturated rings. The molecule has 0 spiro atoms. The van der Waals surface area contributed by atoms with Crippen LogP contribution in [0.25, 0.3) is 0 Å². The summed E-state index contributed by atoms with van der Waals surface area (Å²) in [5, 5.41) is 2.62. The molecule has 5 nitrogen and oxygen atoms in total. The third kappa shape index (κ3) is 11.4. The number of nitrogens with one attached hydrogen (secondary N) is 1. The Bertz CT molecular complexity index is 316. The molecule has 0 radical (unpaired) electrons. The molecule has 0 aromatic rings. The van der Waals surface area contributed by atoms with E-state index in [9.17, 15) is 9.59 Å². The molecule has 1 atom stereocenters. The van der Waals surface area contributed by atoms with Gasteiger partial charge in [0.1, 0.15) is 6.04 Å². The van der Waals surface area contributed by atoms with Crippen molar-refractivity contribution in [1.82, 2.24) is 5.32 Å². The van der Waals surface area contributed by atoms with E-state index in [2.05, 4.69) is 12.2 Å². The Morgan fingerprint density at radius 2 is 1.64 bits per heavy atom. The molecule has 0 saturated carbocycles. The Labute approximate surface area is 135 Å². The van der Waals surface area contributed by atoms with Crippen molar-refractivity contribution in [2.24, 2.45) is 11.8 Å². The van der Waals surface area contributed by atoms with Gasteiger partial charge >= 0.3 is 12.1 Å². The molecule has 5 heteroatoms. The minimum absolute atomic E-state index is 0.264. The largest absolute Gasteiger partial charge is 0.464 e. The molecule has 130 valence electrons. The van der Waals surface area contributed by atoms with Gasteiger partial charge in [-0.2, -0.15) is 0 Å². The van der Waals surface area contributed by atoms with Crippen molar-refractivity contribution in [1.29, 1.82) is 0 Å². The number of esters is 1. The van der Waals surface area contributed by atoms with Crippen LogP contribution in [0.15, 0.2) is 0 Å². The maximum Gasteiger partial charge on any atom is 0.407 e. The maximum absolute atomic E-state index is 12.1. The van der Waals surface area contributed by atoms with Gasteiger partial charge in [0.25, 0.3) is 0 Å².